The lowest BCUT2D eigenvalue weighted by atomic mass is 9.92. The van der Waals surface area contributed by atoms with Crippen LogP contribution in [0.25, 0.3) is 10.9 Å². The Hall–Kier alpha value is -1.45. The van der Waals surface area contributed by atoms with Crippen molar-refractivity contribution >= 4 is 10.9 Å². The van der Waals surface area contributed by atoms with E-state index in [1.165, 1.54) is 5.56 Å². The van der Waals surface area contributed by atoms with E-state index in [4.69, 9.17) is 11.5 Å². The summed E-state index contributed by atoms with van der Waals surface area (Å²) in [6, 6.07) is 10.1. The fourth-order valence-electron chi connectivity index (χ4n) is 1.82. The molecular formula is C13H17N3. The van der Waals surface area contributed by atoms with Gasteiger partial charge in [-0.2, -0.15) is 0 Å². The zero-order chi connectivity index (χ0) is 11.6. The van der Waals surface area contributed by atoms with Crippen molar-refractivity contribution in [1.29, 1.82) is 0 Å². The van der Waals surface area contributed by atoms with Crippen LogP contribution in [0.1, 0.15) is 12.5 Å². The number of fused-ring (bicyclic) bond motifs is 1. The topological polar surface area (TPSA) is 64.9 Å². The van der Waals surface area contributed by atoms with E-state index in [0.29, 0.717) is 6.54 Å². The molecule has 4 N–H and O–H groups in total. The molecule has 0 aliphatic carbocycles. The quantitative estimate of drug-likeness (QED) is 0.814. The molecule has 1 heterocycles. The van der Waals surface area contributed by atoms with E-state index in [0.717, 1.165) is 17.3 Å². The highest BCUT2D eigenvalue weighted by atomic mass is 14.8. The lowest BCUT2D eigenvalue weighted by molar-refractivity contribution is 0.479. The van der Waals surface area contributed by atoms with E-state index in [9.17, 15) is 0 Å². The van der Waals surface area contributed by atoms with E-state index < -0.39 is 0 Å². The number of nitrogens with zero attached hydrogens (tertiary/aromatic N) is 1. The second kappa shape index (κ2) is 4.20. The molecule has 3 nitrogen and oxygen atoms in total. The molecule has 0 spiro atoms. The highest BCUT2D eigenvalue weighted by molar-refractivity contribution is 5.81. The van der Waals surface area contributed by atoms with Crippen molar-refractivity contribution in [2.45, 2.75) is 18.9 Å². The monoisotopic (exact) mass is 215 g/mol. The van der Waals surface area contributed by atoms with Gasteiger partial charge in [-0.15, -0.1) is 0 Å². The highest BCUT2D eigenvalue weighted by Gasteiger charge is 2.17. The molecule has 1 aromatic heterocycles. The van der Waals surface area contributed by atoms with Crippen molar-refractivity contribution in [1.82, 2.24) is 4.98 Å². The van der Waals surface area contributed by atoms with Gasteiger partial charge in [0, 0.05) is 23.7 Å². The molecule has 0 fully saturated rings. The number of nitrogens with two attached hydrogens (primary N) is 2. The molecule has 1 atom stereocenters. The lowest BCUT2D eigenvalue weighted by Gasteiger charge is -2.23. The van der Waals surface area contributed by atoms with Crippen molar-refractivity contribution in [2.24, 2.45) is 11.5 Å². The van der Waals surface area contributed by atoms with Crippen LogP contribution in [0.2, 0.25) is 0 Å². The van der Waals surface area contributed by atoms with Gasteiger partial charge in [-0.1, -0.05) is 18.2 Å². The number of para-hydroxylation sites is 1. The molecule has 0 amide bonds. The Morgan fingerprint density at radius 3 is 2.75 bits per heavy atom. The van der Waals surface area contributed by atoms with Gasteiger partial charge in [-0.25, -0.2) is 0 Å². The molecule has 1 aromatic carbocycles. The summed E-state index contributed by atoms with van der Waals surface area (Å²) in [5, 5.41) is 1.16. The molecule has 0 aliphatic heterocycles. The van der Waals surface area contributed by atoms with Crippen molar-refractivity contribution in [3.63, 3.8) is 0 Å². The SMILES string of the molecule is CC(N)(CN)Cc1ccnc2ccccc12. The van der Waals surface area contributed by atoms with Gasteiger partial charge in [0.2, 0.25) is 0 Å². The van der Waals surface area contributed by atoms with Crippen LogP contribution >= 0.6 is 0 Å². The average molecular weight is 215 g/mol. The predicted octanol–water partition coefficient (Wildman–Crippen LogP) is 1.45. The predicted molar refractivity (Wildman–Crippen MR) is 67.1 cm³/mol. The number of hydrogen-bond donors (Lipinski definition) is 2. The Kier molecular flexibility index (Phi) is 2.90. The molecule has 84 valence electrons. The van der Waals surface area contributed by atoms with Gasteiger partial charge in [-0.05, 0) is 31.0 Å². The van der Waals surface area contributed by atoms with Crippen LogP contribution in [0.3, 0.4) is 0 Å². The maximum absolute atomic E-state index is 6.09. The van der Waals surface area contributed by atoms with Crippen LogP contribution in [-0.4, -0.2) is 17.1 Å². The molecule has 1 unspecified atom stereocenters. The third kappa shape index (κ3) is 2.21. The van der Waals surface area contributed by atoms with Crippen LogP contribution in [0.15, 0.2) is 36.5 Å². The minimum absolute atomic E-state index is 0.357. The third-order valence-electron chi connectivity index (χ3n) is 2.80. The van der Waals surface area contributed by atoms with Gasteiger partial charge >= 0.3 is 0 Å². The normalized spacial score (nSPS) is 14.9. The summed E-state index contributed by atoms with van der Waals surface area (Å²) in [7, 11) is 0. The first-order valence-electron chi connectivity index (χ1n) is 5.44. The van der Waals surface area contributed by atoms with Gasteiger partial charge in [0.25, 0.3) is 0 Å². The Balaban J connectivity index is 2.45. The maximum atomic E-state index is 6.09. The number of aromatic nitrogens is 1. The van der Waals surface area contributed by atoms with Gasteiger partial charge in [-0.3, -0.25) is 4.98 Å². The fourth-order valence-corrected chi connectivity index (χ4v) is 1.82. The molecule has 0 saturated heterocycles. The van der Waals surface area contributed by atoms with Crippen LogP contribution in [0.5, 0.6) is 0 Å². The summed E-state index contributed by atoms with van der Waals surface area (Å²) < 4.78 is 0. The number of rotatable bonds is 3. The standard InChI is InChI=1S/C13H17N3/c1-13(15,9-14)8-10-6-7-16-12-5-3-2-4-11(10)12/h2-7H,8-9,14-15H2,1H3. The molecule has 0 aliphatic rings. The number of pyridine rings is 1. The minimum Gasteiger partial charge on any atom is -0.329 e. The lowest BCUT2D eigenvalue weighted by Crippen LogP contribution is -2.45. The van der Waals surface area contributed by atoms with Crippen LogP contribution < -0.4 is 11.5 Å². The Morgan fingerprint density at radius 1 is 1.25 bits per heavy atom. The van der Waals surface area contributed by atoms with Gasteiger partial charge < -0.3 is 11.5 Å². The van der Waals surface area contributed by atoms with Crippen LogP contribution in [0, 0.1) is 0 Å². The number of benzene rings is 1. The Morgan fingerprint density at radius 2 is 2.00 bits per heavy atom. The number of hydrogen-bond acceptors (Lipinski definition) is 3. The van der Waals surface area contributed by atoms with E-state index in [1.807, 2.05) is 37.4 Å². The van der Waals surface area contributed by atoms with Crippen molar-refractivity contribution in [3.05, 3.63) is 42.1 Å². The minimum atomic E-state index is -0.357. The maximum Gasteiger partial charge on any atom is 0.0704 e. The van der Waals surface area contributed by atoms with E-state index in [1.54, 1.807) is 0 Å². The molecule has 0 bridgehead atoms. The van der Waals surface area contributed by atoms with Gasteiger partial charge in [0.15, 0.2) is 0 Å². The van der Waals surface area contributed by atoms with Crippen LogP contribution in [0.4, 0.5) is 0 Å². The molecule has 2 aromatic rings. The first-order chi connectivity index (χ1) is 7.62. The van der Waals surface area contributed by atoms with Crippen LogP contribution in [-0.2, 0) is 6.42 Å². The molecule has 2 rings (SSSR count). The molecule has 16 heavy (non-hydrogen) atoms. The molecule has 0 saturated carbocycles. The second-order valence-corrected chi connectivity index (χ2v) is 4.52. The first kappa shape index (κ1) is 11.0. The zero-order valence-corrected chi connectivity index (χ0v) is 9.48. The first-order valence-corrected chi connectivity index (χ1v) is 5.44. The Bertz CT molecular complexity index is 486. The van der Waals surface area contributed by atoms with E-state index in [2.05, 4.69) is 11.1 Å². The van der Waals surface area contributed by atoms with Crippen molar-refractivity contribution in [3.8, 4) is 0 Å². The third-order valence-corrected chi connectivity index (χ3v) is 2.80. The van der Waals surface area contributed by atoms with E-state index >= 15 is 0 Å². The highest BCUT2D eigenvalue weighted by Crippen LogP contribution is 2.19. The molecule has 0 radical (unpaired) electrons. The smallest absolute Gasteiger partial charge is 0.0704 e. The molecular weight excluding hydrogens is 198 g/mol. The zero-order valence-electron chi connectivity index (χ0n) is 9.48. The summed E-state index contributed by atoms with van der Waals surface area (Å²) in [6.45, 7) is 2.45. The summed E-state index contributed by atoms with van der Waals surface area (Å²) in [5.74, 6) is 0. The largest absolute Gasteiger partial charge is 0.329 e. The summed E-state index contributed by atoms with van der Waals surface area (Å²) in [5.41, 5.74) is 13.6. The second-order valence-electron chi connectivity index (χ2n) is 4.52. The summed E-state index contributed by atoms with van der Waals surface area (Å²) in [4.78, 5) is 4.33. The summed E-state index contributed by atoms with van der Waals surface area (Å²) in [6.07, 6.45) is 2.59. The fraction of sp³-hybridized carbons (Fsp3) is 0.308. The van der Waals surface area contributed by atoms with Crippen molar-refractivity contribution < 1.29 is 0 Å². The van der Waals surface area contributed by atoms with Crippen molar-refractivity contribution in [2.75, 3.05) is 6.54 Å². The Labute approximate surface area is 95.5 Å². The van der Waals surface area contributed by atoms with Gasteiger partial charge in [0.1, 0.15) is 0 Å². The summed E-state index contributed by atoms with van der Waals surface area (Å²) >= 11 is 0. The molecule has 3 heteroatoms. The van der Waals surface area contributed by atoms with Gasteiger partial charge in [0.05, 0.1) is 5.52 Å². The average Bonchev–Trinajstić information content (AvgIpc) is 2.29. The van der Waals surface area contributed by atoms with E-state index in [-0.39, 0.29) is 5.54 Å².